The van der Waals surface area contributed by atoms with Gasteiger partial charge in [-0.25, -0.2) is 13.8 Å². The van der Waals surface area contributed by atoms with Crippen LogP contribution in [0.4, 0.5) is 20.2 Å². The Morgan fingerprint density at radius 3 is 2.41 bits per heavy atom. The summed E-state index contributed by atoms with van der Waals surface area (Å²) < 4.78 is 28.9. The lowest BCUT2D eigenvalue weighted by atomic mass is 10.0. The number of hydrogen-bond donors (Lipinski definition) is 2. The van der Waals surface area contributed by atoms with E-state index in [2.05, 4.69) is 15.6 Å². The van der Waals surface area contributed by atoms with E-state index in [0.29, 0.717) is 21.8 Å². The van der Waals surface area contributed by atoms with Gasteiger partial charge in [0.1, 0.15) is 6.04 Å². The Labute approximate surface area is 186 Å². The summed E-state index contributed by atoms with van der Waals surface area (Å²) in [6.45, 7) is 3.71. The molecule has 0 aliphatic rings. The number of fused-ring (bicyclic) bond motifs is 1. The number of rotatable bonds is 6. The summed E-state index contributed by atoms with van der Waals surface area (Å²) >= 11 is 1.33. The van der Waals surface area contributed by atoms with Crippen molar-refractivity contribution in [3.8, 4) is 0 Å². The first-order chi connectivity index (χ1) is 15.3. The third kappa shape index (κ3) is 4.38. The molecule has 0 saturated heterocycles. The molecule has 1 atom stereocenters. The van der Waals surface area contributed by atoms with Crippen LogP contribution in [0.2, 0.25) is 0 Å². The first kappa shape index (κ1) is 21.6. The van der Waals surface area contributed by atoms with E-state index < -0.39 is 17.7 Å². The van der Waals surface area contributed by atoms with Crippen molar-refractivity contribution in [1.29, 1.82) is 0 Å². The number of thiophene rings is 1. The van der Waals surface area contributed by atoms with Crippen LogP contribution < -0.4 is 10.6 Å². The lowest BCUT2D eigenvalue weighted by molar-refractivity contribution is -0.120. The highest BCUT2D eigenvalue weighted by Crippen LogP contribution is 2.27. The molecule has 164 valence electrons. The van der Waals surface area contributed by atoms with Gasteiger partial charge in [0.05, 0.1) is 22.2 Å². The molecule has 2 heterocycles. The minimum absolute atomic E-state index is 0.165. The number of halogens is 2. The molecule has 2 amide bonds. The quantitative estimate of drug-likeness (QED) is 0.406. The van der Waals surface area contributed by atoms with Crippen molar-refractivity contribution >= 4 is 45.6 Å². The molecule has 0 aliphatic heterocycles. The molecule has 9 heteroatoms. The third-order valence-corrected chi connectivity index (χ3v) is 5.82. The Balaban J connectivity index is 1.57. The zero-order chi connectivity index (χ0) is 22.8. The van der Waals surface area contributed by atoms with Gasteiger partial charge in [0.15, 0.2) is 11.6 Å². The van der Waals surface area contributed by atoms with E-state index in [1.165, 1.54) is 17.7 Å². The summed E-state index contributed by atoms with van der Waals surface area (Å²) in [4.78, 5) is 30.1. The van der Waals surface area contributed by atoms with Crippen LogP contribution in [0.15, 0.2) is 60.2 Å². The van der Waals surface area contributed by atoms with Crippen molar-refractivity contribution in [3.05, 3.63) is 76.7 Å². The summed E-state index contributed by atoms with van der Waals surface area (Å²) in [5, 5.41) is 7.46. The van der Waals surface area contributed by atoms with Gasteiger partial charge in [-0.05, 0) is 35.6 Å². The SMILES string of the molecule is CC(C)C(C(=O)Nc1cccc(NC(=O)c2cccs2)c1)n1cnc2cc(F)c(F)cc21. The van der Waals surface area contributed by atoms with Gasteiger partial charge in [-0.2, -0.15) is 0 Å². The van der Waals surface area contributed by atoms with Crippen LogP contribution in [0.5, 0.6) is 0 Å². The maximum Gasteiger partial charge on any atom is 0.265 e. The Morgan fingerprint density at radius 1 is 1.00 bits per heavy atom. The molecule has 0 bridgehead atoms. The van der Waals surface area contributed by atoms with Gasteiger partial charge >= 0.3 is 0 Å². The fourth-order valence-electron chi connectivity index (χ4n) is 3.49. The highest BCUT2D eigenvalue weighted by molar-refractivity contribution is 7.12. The Bertz CT molecular complexity index is 1280. The molecule has 1 unspecified atom stereocenters. The van der Waals surface area contributed by atoms with Crippen LogP contribution >= 0.6 is 11.3 Å². The number of benzene rings is 2. The molecule has 0 aliphatic carbocycles. The molecule has 0 spiro atoms. The van der Waals surface area contributed by atoms with Gasteiger partial charge < -0.3 is 15.2 Å². The number of carbonyl (C=O) groups is 2. The van der Waals surface area contributed by atoms with E-state index in [1.54, 1.807) is 41.0 Å². The van der Waals surface area contributed by atoms with E-state index in [9.17, 15) is 18.4 Å². The Morgan fingerprint density at radius 2 is 1.72 bits per heavy atom. The molecule has 0 radical (unpaired) electrons. The predicted molar refractivity (Wildman–Crippen MR) is 121 cm³/mol. The number of imidazole rings is 1. The summed E-state index contributed by atoms with van der Waals surface area (Å²) in [5.74, 6) is -2.73. The van der Waals surface area contributed by atoms with Crippen LogP contribution in [-0.2, 0) is 4.79 Å². The summed E-state index contributed by atoms with van der Waals surface area (Å²) in [7, 11) is 0. The molecule has 2 N–H and O–H groups in total. The number of hydrogen-bond acceptors (Lipinski definition) is 4. The second-order valence-corrected chi connectivity index (χ2v) is 8.54. The average Bonchev–Trinajstić information content (AvgIpc) is 3.40. The van der Waals surface area contributed by atoms with Crippen LogP contribution in [0.3, 0.4) is 0 Å². The lowest BCUT2D eigenvalue weighted by Gasteiger charge is -2.22. The monoisotopic (exact) mass is 454 g/mol. The number of carbonyl (C=O) groups excluding carboxylic acids is 2. The first-order valence-corrected chi connectivity index (χ1v) is 10.8. The van der Waals surface area contributed by atoms with Crippen molar-refractivity contribution in [2.24, 2.45) is 5.92 Å². The predicted octanol–water partition coefficient (Wildman–Crippen LogP) is 5.46. The highest BCUT2D eigenvalue weighted by Gasteiger charge is 2.26. The number of nitrogens with zero attached hydrogens (tertiary/aromatic N) is 2. The van der Waals surface area contributed by atoms with Crippen molar-refractivity contribution in [1.82, 2.24) is 9.55 Å². The molecule has 0 fully saturated rings. The van der Waals surface area contributed by atoms with E-state index in [4.69, 9.17) is 0 Å². The number of amides is 2. The van der Waals surface area contributed by atoms with E-state index in [-0.39, 0.29) is 23.2 Å². The van der Waals surface area contributed by atoms with Crippen LogP contribution in [0, 0.1) is 17.6 Å². The highest BCUT2D eigenvalue weighted by atomic mass is 32.1. The largest absolute Gasteiger partial charge is 0.324 e. The third-order valence-electron chi connectivity index (χ3n) is 4.95. The average molecular weight is 455 g/mol. The number of anilines is 2. The van der Waals surface area contributed by atoms with E-state index in [0.717, 1.165) is 12.1 Å². The molecule has 4 aromatic rings. The zero-order valence-corrected chi connectivity index (χ0v) is 18.1. The standard InChI is InChI=1S/C23H20F2N4O2S/c1-13(2)21(29-12-26-18-10-16(24)17(25)11-19(18)29)23(31)28-15-6-3-5-14(9-15)27-22(30)20-7-4-8-32-20/h3-13,21H,1-2H3,(H,27,30)(H,28,31). The first-order valence-electron chi connectivity index (χ1n) is 9.91. The fourth-order valence-corrected chi connectivity index (χ4v) is 4.10. The minimum atomic E-state index is -1.00. The maximum atomic E-state index is 13.8. The molecular formula is C23H20F2N4O2S. The topological polar surface area (TPSA) is 76.0 Å². The van der Waals surface area contributed by atoms with Gasteiger partial charge in [0.25, 0.3) is 5.91 Å². The molecule has 2 aromatic heterocycles. The normalized spacial score (nSPS) is 12.2. The fraction of sp³-hybridized carbons (Fsp3) is 0.174. The van der Waals surface area contributed by atoms with Crippen LogP contribution in [-0.4, -0.2) is 21.4 Å². The Hall–Kier alpha value is -3.59. The number of nitrogens with one attached hydrogen (secondary N) is 2. The summed E-state index contributed by atoms with van der Waals surface area (Å²) in [6, 6.07) is 11.7. The maximum absolute atomic E-state index is 13.8. The lowest BCUT2D eigenvalue weighted by Crippen LogP contribution is -2.29. The number of aromatic nitrogens is 2. The van der Waals surface area contributed by atoms with Gasteiger partial charge in [0, 0.05) is 23.5 Å². The Kier molecular flexibility index (Phi) is 6.00. The second-order valence-electron chi connectivity index (χ2n) is 7.60. The molecule has 32 heavy (non-hydrogen) atoms. The van der Waals surface area contributed by atoms with Gasteiger partial charge in [0.2, 0.25) is 5.91 Å². The smallest absolute Gasteiger partial charge is 0.265 e. The van der Waals surface area contributed by atoms with Gasteiger partial charge in [-0.15, -0.1) is 11.3 Å². The molecule has 2 aromatic carbocycles. The summed E-state index contributed by atoms with van der Waals surface area (Å²) in [5.41, 5.74) is 1.62. The van der Waals surface area contributed by atoms with Crippen molar-refractivity contribution < 1.29 is 18.4 Å². The minimum Gasteiger partial charge on any atom is -0.324 e. The van der Waals surface area contributed by atoms with E-state index >= 15 is 0 Å². The van der Waals surface area contributed by atoms with Crippen molar-refractivity contribution in [2.75, 3.05) is 10.6 Å². The summed E-state index contributed by atoms with van der Waals surface area (Å²) in [6.07, 6.45) is 1.41. The van der Waals surface area contributed by atoms with Gasteiger partial charge in [-0.1, -0.05) is 26.0 Å². The van der Waals surface area contributed by atoms with Crippen molar-refractivity contribution in [2.45, 2.75) is 19.9 Å². The second kappa shape index (κ2) is 8.88. The van der Waals surface area contributed by atoms with E-state index in [1.807, 2.05) is 19.2 Å². The zero-order valence-electron chi connectivity index (χ0n) is 17.3. The van der Waals surface area contributed by atoms with Crippen LogP contribution in [0.1, 0.15) is 29.6 Å². The molecular weight excluding hydrogens is 434 g/mol. The van der Waals surface area contributed by atoms with Crippen LogP contribution in [0.25, 0.3) is 11.0 Å². The molecule has 4 rings (SSSR count). The molecule has 0 saturated carbocycles. The van der Waals surface area contributed by atoms with Crippen molar-refractivity contribution in [3.63, 3.8) is 0 Å². The van der Waals surface area contributed by atoms with Gasteiger partial charge in [-0.3, -0.25) is 9.59 Å². The molecule has 6 nitrogen and oxygen atoms in total.